The first-order chi connectivity index (χ1) is 7.02. The van der Waals surface area contributed by atoms with E-state index < -0.39 is 0 Å². The lowest BCUT2D eigenvalue weighted by Crippen LogP contribution is -2.23. The second-order valence-corrected chi connectivity index (χ2v) is 4.12. The lowest BCUT2D eigenvalue weighted by Gasteiger charge is -2.12. The van der Waals surface area contributed by atoms with Crippen LogP contribution in [0.25, 0.3) is 0 Å². The van der Waals surface area contributed by atoms with Crippen molar-refractivity contribution in [3.8, 4) is 0 Å². The maximum absolute atomic E-state index is 11.4. The van der Waals surface area contributed by atoms with Crippen LogP contribution in [0.4, 0.5) is 0 Å². The predicted octanol–water partition coefficient (Wildman–Crippen LogP) is 2.93. The first-order valence-electron chi connectivity index (χ1n) is 5.78. The molecular formula is C12H22O3. The Balaban J connectivity index is 4.00. The second kappa shape index (κ2) is 7.43. The van der Waals surface area contributed by atoms with Crippen LogP contribution in [0.5, 0.6) is 0 Å². The molecule has 0 aromatic heterocycles. The van der Waals surface area contributed by atoms with Gasteiger partial charge in [0.2, 0.25) is 0 Å². The van der Waals surface area contributed by atoms with Crippen molar-refractivity contribution >= 4 is 11.9 Å². The van der Waals surface area contributed by atoms with Crippen molar-refractivity contribution in [3.63, 3.8) is 0 Å². The number of hydrogen-bond acceptors (Lipinski definition) is 3. The smallest absolute Gasteiger partial charge is 0.316 e. The Bertz CT molecular complexity index is 189. The van der Waals surface area contributed by atoms with Gasteiger partial charge >= 0.3 is 11.9 Å². The highest BCUT2D eigenvalue weighted by atomic mass is 16.6. The monoisotopic (exact) mass is 214 g/mol. The molecule has 0 heterocycles. The quantitative estimate of drug-likeness (QED) is 0.504. The Morgan fingerprint density at radius 1 is 0.933 bits per heavy atom. The van der Waals surface area contributed by atoms with Gasteiger partial charge in [0.15, 0.2) is 0 Å². The van der Waals surface area contributed by atoms with Gasteiger partial charge in [-0.15, -0.1) is 0 Å². The summed E-state index contributed by atoms with van der Waals surface area (Å²) in [5.41, 5.74) is 0. The van der Waals surface area contributed by atoms with Crippen molar-refractivity contribution in [2.24, 2.45) is 11.8 Å². The summed E-state index contributed by atoms with van der Waals surface area (Å²) in [5, 5.41) is 0. The highest BCUT2D eigenvalue weighted by Crippen LogP contribution is 2.11. The van der Waals surface area contributed by atoms with Crippen LogP contribution in [0.1, 0.15) is 53.4 Å². The van der Waals surface area contributed by atoms with E-state index in [2.05, 4.69) is 0 Å². The van der Waals surface area contributed by atoms with Gasteiger partial charge in [-0.05, 0) is 12.8 Å². The zero-order valence-electron chi connectivity index (χ0n) is 10.2. The minimum Gasteiger partial charge on any atom is -0.393 e. The van der Waals surface area contributed by atoms with Crippen LogP contribution in [-0.4, -0.2) is 11.9 Å². The molecule has 0 bridgehead atoms. The zero-order chi connectivity index (χ0) is 11.8. The Morgan fingerprint density at radius 3 is 1.53 bits per heavy atom. The van der Waals surface area contributed by atoms with E-state index in [-0.39, 0.29) is 23.8 Å². The minimum atomic E-state index is -0.384. The summed E-state index contributed by atoms with van der Waals surface area (Å²) in [6, 6.07) is 0. The molecule has 0 radical (unpaired) electrons. The molecule has 2 unspecified atom stereocenters. The lowest BCUT2D eigenvalue weighted by atomic mass is 10.1. The van der Waals surface area contributed by atoms with Gasteiger partial charge in [0.25, 0.3) is 0 Å². The largest absolute Gasteiger partial charge is 0.393 e. The molecule has 3 nitrogen and oxygen atoms in total. The van der Waals surface area contributed by atoms with Crippen LogP contribution in [0.15, 0.2) is 0 Å². The van der Waals surface area contributed by atoms with Crippen molar-refractivity contribution in [3.05, 3.63) is 0 Å². The van der Waals surface area contributed by atoms with Gasteiger partial charge in [0.1, 0.15) is 0 Å². The van der Waals surface area contributed by atoms with Crippen LogP contribution in [-0.2, 0) is 14.3 Å². The summed E-state index contributed by atoms with van der Waals surface area (Å²) in [4.78, 5) is 22.8. The first kappa shape index (κ1) is 14.1. The Hall–Kier alpha value is -0.860. The van der Waals surface area contributed by atoms with E-state index >= 15 is 0 Å². The molecule has 0 rings (SSSR count). The zero-order valence-corrected chi connectivity index (χ0v) is 10.2. The second-order valence-electron chi connectivity index (χ2n) is 4.12. The van der Waals surface area contributed by atoms with Gasteiger partial charge < -0.3 is 4.74 Å². The van der Waals surface area contributed by atoms with Crippen molar-refractivity contribution < 1.29 is 14.3 Å². The fourth-order valence-corrected chi connectivity index (χ4v) is 1.40. The molecule has 0 aliphatic heterocycles. The molecule has 0 saturated heterocycles. The molecule has 88 valence electrons. The van der Waals surface area contributed by atoms with Gasteiger partial charge in [0.05, 0.1) is 11.8 Å². The van der Waals surface area contributed by atoms with Gasteiger partial charge in [-0.2, -0.15) is 0 Å². The summed E-state index contributed by atoms with van der Waals surface area (Å²) < 4.78 is 4.80. The molecule has 0 aliphatic rings. The normalized spacial score (nSPS) is 14.4. The average Bonchev–Trinajstić information content (AvgIpc) is 2.18. The van der Waals surface area contributed by atoms with Gasteiger partial charge in [-0.1, -0.05) is 40.5 Å². The SMILES string of the molecule is CCCC(C)C(=O)OC(=O)C(C)CCC. The maximum Gasteiger partial charge on any atom is 0.316 e. The van der Waals surface area contributed by atoms with Crippen LogP contribution in [0, 0.1) is 11.8 Å². The molecule has 3 heteroatoms. The lowest BCUT2D eigenvalue weighted by molar-refractivity contribution is -0.165. The summed E-state index contributed by atoms with van der Waals surface area (Å²) >= 11 is 0. The molecule has 0 saturated carbocycles. The number of carbonyl (C=O) groups excluding carboxylic acids is 2. The maximum atomic E-state index is 11.4. The molecular weight excluding hydrogens is 192 g/mol. The molecule has 0 fully saturated rings. The highest BCUT2D eigenvalue weighted by Gasteiger charge is 2.21. The fourth-order valence-electron chi connectivity index (χ4n) is 1.40. The van der Waals surface area contributed by atoms with Crippen molar-refractivity contribution in [1.29, 1.82) is 0 Å². The molecule has 2 atom stereocenters. The van der Waals surface area contributed by atoms with Crippen LogP contribution in [0.3, 0.4) is 0 Å². The molecule has 15 heavy (non-hydrogen) atoms. The molecule has 0 spiro atoms. The van der Waals surface area contributed by atoms with Crippen LogP contribution < -0.4 is 0 Å². The Morgan fingerprint density at radius 2 is 1.27 bits per heavy atom. The average molecular weight is 214 g/mol. The standard InChI is InChI=1S/C12H22O3/c1-5-7-9(3)11(13)15-12(14)10(4)8-6-2/h9-10H,5-8H2,1-4H3. The molecule has 0 amide bonds. The van der Waals surface area contributed by atoms with E-state index in [1.54, 1.807) is 13.8 Å². The topological polar surface area (TPSA) is 43.4 Å². The van der Waals surface area contributed by atoms with E-state index in [1.807, 2.05) is 13.8 Å². The van der Waals surface area contributed by atoms with E-state index in [4.69, 9.17) is 4.74 Å². The third-order valence-corrected chi connectivity index (χ3v) is 2.45. The van der Waals surface area contributed by atoms with Gasteiger partial charge in [0, 0.05) is 0 Å². The Kier molecular flexibility index (Phi) is 7.01. The predicted molar refractivity (Wildman–Crippen MR) is 59.2 cm³/mol. The van der Waals surface area contributed by atoms with E-state index in [9.17, 15) is 9.59 Å². The van der Waals surface area contributed by atoms with E-state index in [1.165, 1.54) is 0 Å². The number of ether oxygens (including phenoxy) is 1. The van der Waals surface area contributed by atoms with Crippen molar-refractivity contribution in [1.82, 2.24) is 0 Å². The highest BCUT2D eigenvalue weighted by molar-refractivity contribution is 5.87. The van der Waals surface area contributed by atoms with Crippen LogP contribution in [0.2, 0.25) is 0 Å². The molecule has 0 N–H and O–H groups in total. The summed E-state index contributed by atoms with van der Waals surface area (Å²) in [7, 11) is 0. The van der Waals surface area contributed by atoms with Gasteiger partial charge in [-0.3, -0.25) is 9.59 Å². The summed E-state index contributed by atoms with van der Waals surface area (Å²) in [6.45, 7) is 7.60. The molecule has 0 aromatic rings. The number of esters is 2. The number of rotatable bonds is 6. The molecule has 0 aliphatic carbocycles. The summed E-state index contributed by atoms with van der Waals surface area (Å²) in [6.07, 6.45) is 3.40. The van der Waals surface area contributed by atoms with E-state index in [0.717, 1.165) is 25.7 Å². The van der Waals surface area contributed by atoms with Crippen LogP contribution >= 0.6 is 0 Å². The number of hydrogen-bond donors (Lipinski definition) is 0. The molecule has 0 aromatic carbocycles. The number of carbonyl (C=O) groups is 2. The van der Waals surface area contributed by atoms with E-state index in [0.29, 0.717) is 0 Å². The Labute approximate surface area is 92.2 Å². The fraction of sp³-hybridized carbons (Fsp3) is 0.833. The van der Waals surface area contributed by atoms with Crippen molar-refractivity contribution in [2.45, 2.75) is 53.4 Å². The third kappa shape index (κ3) is 5.55. The van der Waals surface area contributed by atoms with Crippen molar-refractivity contribution in [2.75, 3.05) is 0 Å². The summed E-state index contributed by atoms with van der Waals surface area (Å²) in [5.74, 6) is -1.12. The first-order valence-corrected chi connectivity index (χ1v) is 5.78. The van der Waals surface area contributed by atoms with Gasteiger partial charge in [-0.25, -0.2) is 0 Å². The third-order valence-electron chi connectivity index (χ3n) is 2.45. The minimum absolute atomic E-state index is 0.173.